The lowest BCUT2D eigenvalue weighted by molar-refractivity contribution is -0.131. The lowest BCUT2D eigenvalue weighted by Gasteiger charge is -1.80. The van der Waals surface area contributed by atoms with Gasteiger partial charge in [0.1, 0.15) is 12.0 Å². The van der Waals surface area contributed by atoms with Gasteiger partial charge in [0.15, 0.2) is 0 Å². The van der Waals surface area contributed by atoms with Crippen molar-refractivity contribution in [1.82, 2.24) is 0 Å². The Bertz CT molecular complexity index is 360. The molecular formula is C8H6O5. The van der Waals surface area contributed by atoms with Crippen LogP contribution in [-0.4, -0.2) is 22.2 Å². The number of carbonyl (C=O) groups is 2. The van der Waals surface area contributed by atoms with Gasteiger partial charge in [0.25, 0.3) is 0 Å². The molecule has 0 saturated heterocycles. The quantitative estimate of drug-likeness (QED) is 0.682. The van der Waals surface area contributed by atoms with E-state index in [1.165, 1.54) is 12.1 Å². The predicted octanol–water partition coefficient (Wildman–Crippen LogP) is 1.08. The van der Waals surface area contributed by atoms with E-state index in [9.17, 15) is 9.59 Å². The number of rotatable bonds is 3. The number of carboxylic acids is 2. The minimum atomic E-state index is -1.12. The fourth-order valence-electron chi connectivity index (χ4n) is 0.706. The van der Waals surface area contributed by atoms with Gasteiger partial charge in [-0.15, -0.1) is 0 Å². The maximum atomic E-state index is 10.4. The third-order valence-corrected chi connectivity index (χ3v) is 1.26. The molecule has 0 aliphatic rings. The van der Waals surface area contributed by atoms with Crippen LogP contribution in [0.25, 0.3) is 6.08 Å². The first-order valence-electron chi connectivity index (χ1n) is 3.32. The molecule has 68 valence electrons. The van der Waals surface area contributed by atoms with Crippen LogP contribution in [0.15, 0.2) is 22.8 Å². The maximum absolute atomic E-state index is 10.4. The standard InChI is InChI=1S/C8H6O5/c9-7(10)2-1-6-3-5(4-13-6)8(11)12/h1-4H,(H,9,10)(H,11,12)/b2-1+. The van der Waals surface area contributed by atoms with Crippen molar-refractivity contribution in [2.24, 2.45) is 0 Å². The van der Waals surface area contributed by atoms with Crippen LogP contribution in [0, 0.1) is 0 Å². The second-order valence-corrected chi connectivity index (χ2v) is 2.21. The molecule has 0 unspecified atom stereocenters. The van der Waals surface area contributed by atoms with E-state index in [0.29, 0.717) is 0 Å². The van der Waals surface area contributed by atoms with E-state index in [-0.39, 0.29) is 11.3 Å². The Morgan fingerprint density at radius 1 is 1.38 bits per heavy atom. The van der Waals surface area contributed by atoms with Crippen molar-refractivity contribution in [3.8, 4) is 0 Å². The number of furan rings is 1. The molecule has 1 aromatic rings. The molecule has 0 saturated carbocycles. The molecule has 0 fully saturated rings. The largest absolute Gasteiger partial charge is 0.478 e. The fraction of sp³-hybridized carbons (Fsp3) is 0. The highest BCUT2D eigenvalue weighted by molar-refractivity contribution is 5.89. The molecule has 0 aromatic carbocycles. The van der Waals surface area contributed by atoms with Crippen molar-refractivity contribution in [1.29, 1.82) is 0 Å². The van der Waals surface area contributed by atoms with E-state index in [4.69, 9.17) is 14.6 Å². The average molecular weight is 182 g/mol. The molecule has 2 N–H and O–H groups in total. The Hall–Kier alpha value is -2.04. The van der Waals surface area contributed by atoms with Gasteiger partial charge in [0, 0.05) is 6.08 Å². The summed E-state index contributed by atoms with van der Waals surface area (Å²) in [5, 5.41) is 16.7. The number of hydrogen-bond donors (Lipinski definition) is 2. The van der Waals surface area contributed by atoms with Gasteiger partial charge in [0.2, 0.25) is 0 Å². The minimum Gasteiger partial charge on any atom is -0.478 e. The maximum Gasteiger partial charge on any atom is 0.338 e. The Labute approximate surface area is 72.9 Å². The van der Waals surface area contributed by atoms with Crippen LogP contribution in [0.3, 0.4) is 0 Å². The van der Waals surface area contributed by atoms with Crippen molar-refractivity contribution >= 4 is 18.0 Å². The average Bonchev–Trinajstić information content (AvgIpc) is 2.48. The summed E-state index contributed by atoms with van der Waals surface area (Å²) < 4.78 is 4.75. The first-order chi connectivity index (χ1) is 6.09. The zero-order chi connectivity index (χ0) is 9.84. The summed E-state index contributed by atoms with van der Waals surface area (Å²) in [6.07, 6.45) is 3.09. The van der Waals surface area contributed by atoms with Gasteiger partial charge in [-0.05, 0) is 12.1 Å². The molecule has 13 heavy (non-hydrogen) atoms. The van der Waals surface area contributed by atoms with Crippen molar-refractivity contribution in [3.63, 3.8) is 0 Å². The van der Waals surface area contributed by atoms with Gasteiger partial charge in [-0.2, -0.15) is 0 Å². The number of hydrogen-bond acceptors (Lipinski definition) is 3. The molecule has 0 aliphatic heterocycles. The molecule has 0 radical (unpaired) electrons. The number of carboxylic acid groups (broad SMARTS) is 2. The zero-order valence-corrected chi connectivity index (χ0v) is 6.43. The highest BCUT2D eigenvalue weighted by Gasteiger charge is 2.05. The summed E-state index contributed by atoms with van der Waals surface area (Å²) in [7, 11) is 0. The molecule has 1 aromatic heterocycles. The Morgan fingerprint density at radius 3 is 2.54 bits per heavy atom. The Kier molecular flexibility index (Phi) is 2.49. The molecule has 0 atom stereocenters. The second-order valence-electron chi connectivity index (χ2n) is 2.21. The number of aromatic carboxylic acids is 1. The van der Waals surface area contributed by atoms with Gasteiger partial charge in [-0.1, -0.05) is 0 Å². The van der Waals surface area contributed by atoms with Gasteiger partial charge < -0.3 is 14.6 Å². The third-order valence-electron chi connectivity index (χ3n) is 1.26. The molecular weight excluding hydrogens is 176 g/mol. The molecule has 5 nitrogen and oxygen atoms in total. The summed E-state index contributed by atoms with van der Waals surface area (Å²) in [5.74, 6) is -2.04. The predicted molar refractivity (Wildman–Crippen MR) is 42.3 cm³/mol. The van der Waals surface area contributed by atoms with Crippen LogP contribution in [0.2, 0.25) is 0 Å². The van der Waals surface area contributed by atoms with E-state index in [0.717, 1.165) is 12.3 Å². The first-order valence-corrected chi connectivity index (χ1v) is 3.32. The van der Waals surface area contributed by atoms with Crippen LogP contribution in [-0.2, 0) is 4.79 Å². The minimum absolute atomic E-state index is 0.00922. The third kappa shape index (κ3) is 2.48. The van der Waals surface area contributed by atoms with Crippen molar-refractivity contribution < 1.29 is 24.2 Å². The molecule has 0 spiro atoms. The van der Waals surface area contributed by atoms with Crippen LogP contribution in [0.4, 0.5) is 0 Å². The fourth-order valence-corrected chi connectivity index (χ4v) is 0.706. The van der Waals surface area contributed by atoms with Crippen LogP contribution in [0.1, 0.15) is 16.1 Å². The highest BCUT2D eigenvalue weighted by atomic mass is 16.4. The Morgan fingerprint density at radius 2 is 2.08 bits per heavy atom. The summed E-state index contributed by atoms with van der Waals surface area (Å²) in [6.45, 7) is 0. The highest BCUT2D eigenvalue weighted by Crippen LogP contribution is 2.09. The lowest BCUT2D eigenvalue weighted by atomic mass is 10.3. The lowest BCUT2D eigenvalue weighted by Crippen LogP contribution is -1.91. The molecule has 1 rings (SSSR count). The summed E-state index contributed by atoms with van der Waals surface area (Å²) in [5.41, 5.74) is -0.00922. The smallest absolute Gasteiger partial charge is 0.338 e. The van der Waals surface area contributed by atoms with Gasteiger partial charge in [0.05, 0.1) is 5.56 Å². The molecule has 0 amide bonds. The molecule has 0 aliphatic carbocycles. The summed E-state index contributed by atoms with van der Waals surface area (Å²) in [4.78, 5) is 20.4. The van der Waals surface area contributed by atoms with Gasteiger partial charge in [-0.3, -0.25) is 0 Å². The van der Waals surface area contributed by atoms with E-state index in [1.54, 1.807) is 0 Å². The van der Waals surface area contributed by atoms with E-state index >= 15 is 0 Å². The van der Waals surface area contributed by atoms with Gasteiger partial charge in [-0.25, -0.2) is 9.59 Å². The monoisotopic (exact) mass is 182 g/mol. The van der Waals surface area contributed by atoms with Crippen LogP contribution >= 0.6 is 0 Å². The van der Waals surface area contributed by atoms with Crippen molar-refractivity contribution in [2.75, 3.05) is 0 Å². The van der Waals surface area contributed by atoms with E-state index in [1.807, 2.05) is 0 Å². The van der Waals surface area contributed by atoms with Gasteiger partial charge >= 0.3 is 11.9 Å². The van der Waals surface area contributed by atoms with Crippen molar-refractivity contribution in [3.05, 3.63) is 29.7 Å². The zero-order valence-electron chi connectivity index (χ0n) is 6.43. The Balaban J connectivity index is 2.80. The summed E-state index contributed by atoms with van der Waals surface area (Å²) >= 11 is 0. The normalized spacial score (nSPS) is 10.5. The van der Waals surface area contributed by atoms with E-state index < -0.39 is 11.9 Å². The summed E-state index contributed by atoms with van der Waals surface area (Å²) in [6, 6.07) is 1.24. The molecule has 0 bridgehead atoms. The topological polar surface area (TPSA) is 87.7 Å². The number of aliphatic carboxylic acids is 1. The van der Waals surface area contributed by atoms with Crippen molar-refractivity contribution in [2.45, 2.75) is 0 Å². The SMILES string of the molecule is O=C(O)/C=C/c1cc(C(=O)O)co1. The molecule has 5 heteroatoms. The van der Waals surface area contributed by atoms with Crippen LogP contribution < -0.4 is 0 Å². The first kappa shape index (κ1) is 9.05. The second kappa shape index (κ2) is 3.57. The van der Waals surface area contributed by atoms with Crippen LogP contribution in [0.5, 0.6) is 0 Å². The molecule has 1 heterocycles. The van der Waals surface area contributed by atoms with E-state index in [2.05, 4.69) is 0 Å².